The van der Waals surface area contributed by atoms with Crippen LogP contribution in [0.5, 0.6) is 0 Å². The molecule has 0 spiro atoms. The van der Waals surface area contributed by atoms with Crippen molar-refractivity contribution >= 4 is 11.7 Å². The van der Waals surface area contributed by atoms with Gasteiger partial charge in [0.25, 0.3) is 0 Å². The molecule has 1 aromatic carbocycles. The van der Waals surface area contributed by atoms with Gasteiger partial charge < -0.3 is 5.32 Å². The number of hydrogen-bond acceptors (Lipinski definition) is 4. The first-order valence-electron chi connectivity index (χ1n) is 5.41. The molecule has 84 valence electrons. The molecule has 2 rings (SSSR count). The quantitative estimate of drug-likeness (QED) is 0.577. The summed E-state index contributed by atoms with van der Waals surface area (Å²) in [6.07, 6.45) is 0. The van der Waals surface area contributed by atoms with E-state index in [2.05, 4.69) is 52.0 Å². The van der Waals surface area contributed by atoms with Crippen LogP contribution in [0.3, 0.4) is 0 Å². The molecule has 0 fully saturated rings. The van der Waals surface area contributed by atoms with Crippen LogP contribution >= 0.6 is 0 Å². The van der Waals surface area contributed by atoms with Gasteiger partial charge in [0.05, 0.1) is 12.3 Å². The van der Waals surface area contributed by atoms with E-state index in [0.717, 1.165) is 30.3 Å². The standard InChI is InChI=1S/C12H16N4/c1-9-3-5-11(6-4-9)10(2)15-16-12-13-7-8-14-12/h3-6H,7-8H2,1-2H3,(H2,13,14,16)/b15-10+. The van der Waals surface area contributed by atoms with E-state index in [-0.39, 0.29) is 0 Å². The van der Waals surface area contributed by atoms with Gasteiger partial charge in [0.1, 0.15) is 0 Å². The molecule has 0 bridgehead atoms. The first-order valence-corrected chi connectivity index (χ1v) is 5.41. The third-order valence-corrected chi connectivity index (χ3v) is 2.47. The van der Waals surface area contributed by atoms with Crippen molar-refractivity contribution in [3.63, 3.8) is 0 Å². The molecule has 1 heterocycles. The normalized spacial score (nSPS) is 15.6. The van der Waals surface area contributed by atoms with Gasteiger partial charge in [-0.2, -0.15) is 5.10 Å². The predicted molar refractivity (Wildman–Crippen MR) is 66.8 cm³/mol. The van der Waals surface area contributed by atoms with E-state index in [1.807, 2.05) is 6.92 Å². The Morgan fingerprint density at radius 2 is 2.12 bits per heavy atom. The summed E-state index contributed by atoms with van der Waals surface area (Å²) in [4.78, 5) is 4.20. The number of benzene rings is 1. The van der Waals surface area contributed by atoms with Crippen molar-refractivity contribution in [3.8, 4) is 0 Å². The zero-order chi connectivity index (χ0) is 11.4. The monoisotopic (exact) mass is 216 g/mol. The molecular weight excluding hydrogens is 200 g/mol. The van der Waals surface area contributed by atoms with Crippen LogP contribution in [-0.4, -0.2) is 24.8 Å². The Bertz CT molecular complexity index is 417. The molecule has 4 nitrogen and oxygen atoms in total. The molecule has 16 heavy (non-hydrogen) atoms. The lowest BCUT2D eigenvalue weighted by Crippen LogP contribution is -2.30. The zero-order valence-corrected chi connectivity index (χ0v) is 9.62. The van der Waals surface area contributed by atoms with E-state index in [4.69, 9.17) is 0 Å². The molecule has 1 aliphatic heterocycles. The maximum Gasteiger partial charge on any atom is 0.212 e. The number of guanidine groups is 1. The average molecular weight is 216 g/mol. The van der Waals surface area contributed by atoms with E-state index in [1.165, 1.54) is 5.56 Å². The minimum atomic E-state index is 0.756. The molecule has 0 atom stereocenters. The Balaban J connectivity index is 2.03. The van der Waals surface area contributed by atoms with Crippen molar-refractivity contribution < 1.29 is 0 Å². The summed E-state index contributed by atoms with van der Waals surface area (Å²) < 4.78 is 0. The van der Waals surface area contributed by atoms with E-state index in [1.54, 1.807) is 0 Å². The average Bonchev–Trinajstić information content (AvgIpc) is 2.80. The van der Waals surface area contributed by atoms with E-state index >= 15 is 0 Å². The van der Waals surface area contributed by atoms with Gasteiger partial charge in [0, 0.05) is 6.54 Å². The van der Waals surface area contributed by atoms with Crippen LogP contribution in [0.25, 0.3) is 0 Å². The Kier molecular flexibility index (Phi) is 3.19. The second-order valence-corrected chi connectivity index (χ2v) is 3.83. The lowest BCUT2D eigenvalue weighted by atomic mass is 10.1. The summed E-state index contributed by atoms with van der Waals surface area (Å²) >= 11 is 0. The number of aryl methyl sites for hydroxylation is 1. The third-order valence-electron chi connectivity index (χ3n) is 2.47. The second-order valence-electron chi connectivity index (χ2n) is 3.83. The number of rotatable bonds is 2. The Morgan fingerprint density at radius 1 is 1.38 bits per heavy atom. The molecule has 2 N–H and O–H groups in total. The van der Waals surface area contributed by atoms with Gasteiger partial charge >= 0.3 is 0 Å². The van der Waals surface area contributed by atoms with E-state index in [9.17, 15) is 0 Å². The fraction of sp³-hybridized carbons (Fsp3) is 0.333. The molecular formula is C12H16N4. The second kappa shape index (κ2) is 4.79. The summed E-state index contributed by atoms with van der Waals surface area (Å²) in [5, 5.41) is 7.38. The van der Waals surface area contributed by atoms with Crippen molar-refractivity contribution in [2.24, 2.45) is 10.1 Å². The highest BCUT2D eigenvalue weighted by Crippen LogP contribution is 2.04. The number of hydrazone groups is 1. The van der Waals surface area contributed by atoms with Gasteiger partial charge in [0.2, 0.25) is 5.96 Å². The molecule has 0 amide bonds. The predicted octanol–water partition coefficient (Wildman–Crippen LogP) is 1.27. The molecule has 1 aromatic rings. The zero-order valence-electron chi connectivity index (χ0n) is 9.62. The highest BCUT2D eigenvalue weighted by Gasteiger charge is 2.03. The maximum atomic E-state index is 4.28. The van der Waals surface area contributed by atoms with Gasteiger partial charge in [-0.1, -0.05) is 29.8 Å². The maximum absolute atomic E-state index is 4.28. The van der Waals surface area contributed by atoms with Crippen LogP contribution in [0.4, 0.5) is 0 Å². The van der Waals surface area contributed by atoms with Crippen molar-refractivity contribution in [1.82, 2.24) is 10.7 Å². The number of nitrogens with zero attached hydrogens (tertiary/aromatic N) is 2. The first-order chi connectivity index (χ1) is 7.75. The number of hydrogen-bond donors (Lipinski definition) is 2. The summed E-state index contributed by atoms with van der Waals surface area (Å²) in [6.45, 7) is 5.77. The third kappa shape index (κ3) is 2.59. The van der Waals surface area contributed by atoms with Crippen LogP contribution in [0.15, 0.2) is 34.4 Å². The van der Waals surface area contributed by atoms with Gasteiger partial charge in [-0.25, -0.2) is 10.4 Å². The van der Waals surface area contributed by atoms with E-state index < -0.39 is 0 Å². The van der Waals surface area contributed by atoms with Gasteiger partial charge in [0.15, 0.2) is 0 Å². The lowest BCUT2D eigenvalue weighted by Gasteiger charge is -2.04. The van der Waals surface area contributed by atoms with Crippen LogP contribution in [-0.2, 0) is 0 Å². The Morgan fingerprint density at radius 3 is 2.75 bits per heavy atom. The largest absolute Gasteiger partial charge is 0.353 e. The van der Waals surface area contributed by atoms with Gasteiger partial charge in [-0.3, -0.25) is 0 Å². The molecule has 0 aromatic heterocycles. The first kappa shape index (κ1) is 10.7. The lowest BCUT2D eigenvalue weighted by molar-refractivity contribution is 0.917. The molecule has 0 saturated carbocycles. The molecule has 1 aliphatic rings. The van der Waals surface area contributed by atoms with Gasteiger partial charge in [-0.15, -0.1) is 0 Å². The topological polar surface area (TPSA) is 48.8 Å². The van der Waals surface area contributed by atoms with Crippen molar-refractivity contribution in [3.05, 3.63) is 35.4 Å². The summed E-state index contributed by atoms with van der Waals surface area (Å²) in [5.74, 6) is 0.756. The SMILES string of the molecule is C/C(=N\NC1=NCCN1)c1ccc(C)cc1. The van der Waals surface area contributed by atoms with Gasteiger partial charge in [-0.05, 0) is 19.4 Å². The fourth-order valence-electron chi connectivity index (χ4n) is 1.47. The molecule has 0 saturated heterocycles. The molecule has 0 radical (unpaired) electrons. The number of nitrogens with one attached hydrogen (secondary N) is 2. The summed E-state index contributed by atoms with van der Waals surface area (Å²) in [7, 11) is 0. The van der Waals surface area contributed by atoms with Crippen LogP contribution < -0.4 is 10.7 Å². The molecule has 0 unspecified atom stereocenters. The highest BCUT2D eigenvalue weighted by atomic mass is 15.4. The molecule has 0 aliphatic carbocycles. The van der Waals surface area contributed by atoms with Crippen LogP contribution in [0, 0.1) is 6.92 Å². The van der Waals surface area contributed by atoms with Crippen molar-refractivity contribution in [1.29, 1.82) is 0 Å². The van der Waals surface area contributed by atoms with Crippen LogP contribution in [0.2, 0.25) is 0 Å². The van der Waals surface area contributed by atoms with Crippen molar-refractivity contribution in [2.45, 2.75) is 13.8 Å². The summed E-state index contributed by atoms with van der Waals surface area (Å²) in [6, 6.07) is 8.30. The Hall–Kier alpha value is -1.84. The number of aliphatic imine (C=N–C) groups is 1. The Labute approximate surface area is 95.5 Å². The molecule has 4 heteroatoms. The van der Waals surface area contributed by atoms with Crippen LogP contribution in [0.1, 0.15) is 18.1 Å². The van der Waals surface area contributed by atoms with E-state index in [0.29, 0.717) is 0 Å². The summed E-state index contributed by atoms with van der Waals surface area (Å²) in [5.41, 5.74) is 6.25. The highest BCUT2D eigenvalue weighted by molar-refractivity contribution is 5.99. The smallest absolute Gasteiger partial charge is 0.212 e. The van der Waals surface area contributed by atoms with Crippen molar-refractivity contribution in [2.75, 3.05) is 13.1 Å². The minimum Gasteiger partial charge on any atom is -0.353 e. The minimum absolute atomic E-state index is 0.756. The fourth-order valence-corrected chi connectivity index (χ4v) is 1.47.